The van der Waals surface area contributed by atoms with Gasteiger partial charge in [-0.3, -0.25) is 15.0 Å². The van der Waals surface area contributed by atoms with Crippen LogP contribution in [0.2, 0.25) is 0 Å². The van der Waals surface area contributed by atoms with Crippen molar-refractivity contribution in [1.29, 1.82) is 0 Å². The number of hydrogen-bond acceptors (Lipinski definition) is 3. The summed E-state index contributed by atoms with van der Waals surface area (Å²) in [6.45, 7) is 0. The number of halogens is 1. The van der Waals surface area contributed by atoms with Gasteiger partial charge in [0.15, 0.2) is 0 Å². The van der Waals surface area contributed by atoms with Crippen LogP contribution in [-0.4, -0.2) is 33.4 Å². The third-order valence-corrected chi connectivity index (χ3v) is 4.91. The second kappa shape index (κ2) is 5.58. The molecular weight excluding hydrogens is 327 g/mol. The third kappa shape index (κ3) is 2.54. The number of hydrogen-bond donors (Lipinski definition) is 3. The number of nitrogens with one attached hydrogen (secondary N) is 3. The highest BCUT2D eigenvalue weighted by atomic mass is 19.1. The van der Waals surface area contributed by atoms with Gasteiger partial charge in [0, 0.05) is 10.9 Å². The van der Waals surface area contributed by atoms with Gasteiger partial charge in [-0.15, -0.1) is 0 Å². The first kappa shape index (κ1) is 15.6. The molecule has 0 atom stereocenters. The molecule has 8 heteroatoms. The molecule has 2 fully saturated rings. The van der Waals surface area contributed by atoms with Gasteiger partial charge in [-0.25, -0.2) is 9.18 Å². The van der Waals surface area contributed by atoms with E-state index in [2.05, 4.69) is 15.7 Å². The molecule has 1 saturated heterocycles. The van der Waals surface area contributed by atoms with E-state index in [-0.39, 0.29) is 5.69 Å². The first-order valence-corrected chi connectivity index (χ1v) is 8.24. The molecule has 1 aliphatic heterocycles. The molecule has 2 heterocycles. The zero-order chi connectivity index (χ0) is 17.6. The molecule has 4 amide bonds. The lowest BCUT2D eigenvalue weighted by atomic mass is 9.82. The lowest BCUT2D eigenvalue weighted by molar-refractivity contribution is -0.134. The van der Waals surface area contributed by atoms with Crippen LogP contribution in [0.25, 0.3) is 10.9 Å². The number of H-pyrrole nitrogens is 1. The number of amides is 4. The smallest absolute Gasteiger partial charge is 0.344 e. The van der Waals surface area contributed by atoms with E-state index in [4.69, 9.17) is 0 Å². The number of hydrazine groups is 1. The first-order chi connectivity index (χ1) is 12.0. The van der Waals surface area contributed by atoms with Crippen LogP contribution in [0.4, 0.5) is 9.18 Å². The Morgan fingerprint density at radius 2 is 1.92 bits per heavy atom. The highest BCUT2D eigenvalue weighted by Crippen LogP contribution is 2.33. The number of imide groups is 1. The van der Waals surface area contributed by atoms with Gasteiger partial charge in [0.2, 0.25) is 0 Å². The maximum atomic E-state index is 13.3. The molecule has 1 aromatic heterocycles. The van der Waals surface area contributed by atoms with E-state index in [0.717, 1.165) is 24.3 Å². The van der Waals surface area contributed by atoms with E-state index in [9.17, 15) is 18.8 Å². The van der Waals surface area contributed by atoms with E-state index in [1.165, 1.54) is 24.3 Å². The molecule has 3 N–H and O–H groups in total. The molecule has 1 aromatic carbocycles. The van der Waals surface area contributed by atoms with E-state index >= 15 is 0 Å². The molecule has 2 aromatic rings. The van der Waals surface area contributed by atoms with Gasteiger partial charge in [-0.05, 0) is 37.1 Å². The summed E-state index contributed by atoms with van der Waals surface area (Å²) in [5, 5.41) is 4.01. The number of carbonyl (C=O) groups excluding carboxylic acids is 3. The van der Waals surface area contributed by atoms with Gasteiger partial charge in [0.25, 0.3) is 11.8 Å². The minimum atomic E-state index is -0.897. The average molecular weight is 344 g/mol. The normalized spacial score (nSPS) is 19.5. The van der Waals surface area contributed by atoms with Crippen LogP contribution in [0.15, 0.2) is 24.3 Å². The third-order valence-electron chi connectivity index (χ3n) is 4.91. The summed E-state index contributed by atoms with van der Waals surface area (Å²) < 4.78 is 13.3. The number of nitrogens with zero attached hydrogens (tertiary/aromatic N) is 1. The molecular formula is C17H17FN4O3. The fourth-order valence-corrected chi connectivity index (χ4v) is 3.60. The summed E-state index contributed by atoms with van der Waals surface area (Å²) in [5.41, 5.74) is 2.19. The molecule has 0 radical (unpaired) electrons. The number of urea groups is 1. The number of carbonyl (C=O) groups is 3. The van der Waals surface area contributed by atoms with Gasteiger partial charge >= 0.3 is 6.03 Å². The van der Waals surface area contributed by atoms with E-state index in [1.54, 1.807) is 0 Å². The molecule has 1 aliphatic carbocycles. The summed E-state index contributed by atoms with van der Waals surface area (Å²) in [4.78, 5) is 40.1. The molecule has 1 saturated carbocycles. The predicted octanol–water partition coefficient (Wildman–Crippen LogP) is 2.21. The fourth-order valence-electron chi connectivity index (χ4n) is 3.60. The van der Waals surface area contributed by atoms with Crippen molar-refractivity contribution in [3.05, 3.63) is 35.8 Å². The Hall–Kier alpha value is -2.90. The van der Waals surface area contributed by atoms with Crippen molar-refractivity contribution in [2.24, 2.45) is 0 Å². The topological polar surface area (TPSA) is 94.3 Å². The van der Waals surface area contributed by atoms with Crippen molar-refractivity contribution >= 4 is 28.7 Å². The minimum absolute atomic E-state index is 0.144. The van der Waals surface area contributed by atoms with Crippen molar-refractivity contribution < 1.29 is 18.8 Å². The Morgan fingerprint density at radius 3 is 2.68 bits per heavy atom. The second-order valence-electron chi connectivity index (χ2n) is 6.57. The SMILES string of the molecule is O=C(NN1C(=O)NC2(CCCCC2)C1=O)c1cc2cc(F)ccc2[nH]1. The number of fused-ring (bicyclic) bond motifs is 1. The molecule has 25 heavy (non-hydrogen) atoms. The lowest BCUT2D eigenvalue weighted by Crippen LogP contribution is -2.51. The molecule has 2 aliphatic rings. The summed E-state index contributed by atoms with van der Waals surface area (Å²) in [5.74, 6) is -1.47. The molecule has 7 nitrogen and oxygen atoms in total. The quantitative estimate of drug-likeness (QED) is 0.729. The van der Waals surface area contributed by atoms with Crippen LogP contribution in [0.1, 0.15) is 42.6 Å². The van der Waals surface area contributed by atoms with Gasteiger partial charge < -0.3 is 10.3 Å². The van der Waals surface area contributed by atoms with Crippen LogP contribution in [0.3, 0.4) is 0 Å². The van der Waals surface area contributed by atoms with Crippen molar-refractivity contribution in [3.8, 4) is 0 Å². The van der Waals surface area contributed by atoms with E-state index in [1.807, 2.05) is 0 Å². The Kier molecular flexibility index (Phi) is 3.48. The average Bonchev–Trinajstić information content (AvgIpc) is 3.10. The van der Waals surface area contributed by atoms with Crippen molar-refractivity contribution in [2.45, 2.75) is 37.6 Å². The lowest BCUT2D eigenvalue weighted by Gasteiger charge is -2.30. The number of rotatable bonds is 2. The summed E-state index contributed by atoms with van der Waals surface area (Å²) in [7, 11) is 0. The highest BCUT2D eigenvalue weighted by Gasteiger charge is 2.52. The molecule has 130 valence electrons. The van der Waals surface area contributed by atoms with Crippen molar-refractivity contribution in [2.75, 3.05) is 0 Å². The maximum absolute atomic E-state index is 13.3. The molecule has 4 rings (SSSR count). The largest absolute Gasteiger partial charge is 0.350 e. The number of aromatic nitrogens is 1. The molecule has 0 unspecified atom stereocenters. The van der Waals surface area contributed by atoms with Crippen LogP contribution in [-0.2, 0) is 4.79 Å². The van der Waals surface area contributed by atoms with Gasteiger partial charge in [-0.2, -0.15) is 5.01 Å². The van der Waals surface area contributed by atoms with Gasteiger partial charge in [0.05, 0.1) is 0 Å². The van der Waals surface area contributed by atoms with Crippen molar-refractivity contribution in [3.63, 3.8) is 0 Å². The second-order valence-corrected chi connectivity index (χ2v) is 6.57. The zero-order valence-corrected chi connectivity index (χ0v) is 13.4. The summed E-state index contributed by atoms with van der Waals surface area (Å²) in [6, 6.07) is 4.95. The van der Waals surface area contributed by atoms with E-state index in [0.29, 0.717) is 23.7 Å². The van der Waals surface area contributed by atoms with Crippen LogP contribution in [0, 0.1) is 5.82 Å². The number of aromatic amines is 1. The number of benzene rings is 1. The standard InChI is InChI=1S/C17H17FN4O3/c18-11-4-5-12-10(8-11)9-13(19-12)14(23)21-22-15(24)17(20-16(22)25)6-2-1-3-7-17/h4-5,8-9,19H,1-3,6-7H2,(H,20,25)(H,21,23). The monoisotopic (exact) mass is 344 g/mol. The van der Waals surface area contributed by atoms with E-state index < -0.39 is 29.2 Å². The van der Waals surface area contributed by atoms with Crippen LogP contribution in [0.5, 0.6) is 0 Å². The Morgan fingerprint density at radius 1 is 1.16 bits per heavy atom. The van der Waals surface area contributed by atoms with Gasteiger partial charge in [0.1, 0.15) is 17.1 Å². The van der Waals surface area contributed by atoms with Crippen LogP contribution >= 0.6 is 0 Å². The maximum Gasteiger partial charge on any atom is 0.344 e. The predicted molar refractivity (Wildman–Crippen MR) is 86.9 cm³/mol. The Balaban J connectivity index is 1.55. The summed E-state index contributed by atoms with van der Waals surface area (Å²) >= 11 is 0. The Labute approximate surface area is 142 Å². The summed E-state index contributed by atoms with van der Waals surface area (Å²) in [6.07, 6.45) is 3.91. The minimum Gasteiger partial charge on any atom is -0.350 e. The van der Waals surface area contributed by atoms with Crippen molar-refractivity contribution in [1.82, 2.24) is 20.7 Å². The molecule has 1 spiro atoms. The van der Waals surface area contributed by atoms with Gasteiger partial charge in [-0.1, -0.05) is 19.3 Å². The highest BCUT2D eigenvalue weighted by molar-refractivity contribution is 6.09. The zero-order valence-electron chi connectivity index (χ0n) is 13.4. The Bertz CT molecular complexity index is 885. The molecule has 0 bridgehead atoms. The van der Waals surface area contributed by atoms with Crippen LogP contribution < -0.4 is 10.7 Å². The first-order valence-electron chi connectivity index (χ1n) is 8.24. The fraction of sp³-hybridized carbons (Fsp3) is 0.353.